The maximum atomic E-state index is 12.7. The van der Waals surface area contributed by atoms with Crippen molar-refractivity contribution in [2.75, 3.05) is 24.6 Å². The van der Waals surface area contributed by atoms with Gasteiger partial charge in [0.05, 0.1) is 24.6 Å². The number of amides is 1. The third-order valence-corrected chi connectivity index (χ3v) is 7.09. The highest BCUT2D eigenvalue weighted by atomic mass is 32.2. The largest absolute Gasteiger partial charge is 0.342 e. The molecule has 3 rings (SSSR count). The summed E-state index contributed by atoms with van der Waals surface area (Å²) in [6.07, 6.45) is 7.64. The first-order valence-electron chi connectivity index (χ1n) is 8.60. The summed E-state index contributed by atoms with van der Waals surface area (Å²) in [5.41, 5.74) is 0.938. The van der Waals surface area contributed by atoms with Gasteiger partial charge in [-0.15, -0.1) is 17.8 Å². The summed E-state index contributed by atoms with van der Waals surface area (Å²) >= 11 is 1.47. The number of terminal acetylenes is 1. The Kier molecular flexibility index (Phi) is 6.26. The van der Waals surface area contributed by atoms with Gasteiger partial charge >= 0.3 is 0 Å². The second-order valence-corrected chi connectivity index (χ2v) is 9.60. The van der Waals surface area contributed by atoms with E-state index in [0.29, 0.717) is 6.42 Å². The highest BCUT2D eigenvalue weighted by Crippen LogP contribution is 2.24. The van der Waals surface area contributed by atoms with Crippen LogP contribution in [0.25, 0.3) is 0 Å². The van der Waals surface area contributed by atoms with Crippen molar-refractivity contribution in [1.29, 1.82) is 0 Å². The summed E-state index contributed by atoms with van der Waals surface area (Å²) in [6.45, 7) is 0.292. The summed E-state index contributed by atoms with van der Waals surface area (Å²) in [7, 11) is -3.05. The molecule has 0 saturated carbocycles. The summed E-state index contributed by atoms with van der Waals surface area (Å²) in [4.78, 5) is 18.8. The SMILES string of the molecule is C#CCN(CC(=O)NC(c1ccccc1)c1nccs1)C1CCS(=O)(=O)C1. The molecule has 2 unspecified atom stereocenters. The predicted octanol–water partition coefficient (Wildman–Crippen LogP) is 1.47. The monoisotopic (exact) mass is 403 g/mol. The highest BCUT2D eigenvalue weighted by molar-refractivity contribution is 7.91. The Bertz CT molecular complexity index is 905. The van der Waals surface area contributed by atoms with E-state index in [0.717, 1.165) is 10.6 Å². The first-order chi connectivity index (χ1) is 13.0. The second kappa shape index (κ2) is 8.65. The molecule has 0 bridgehead atoms. The lowest BCUT2D eigenvalue weighted by molar-refractivity contribution is -0.123. The maximum Gasteiger partial charge on any atom is 0.235 e. The average Bonchev–Trinajstić information content (AvgIpc) is 3.29. The molecule has 1 aliphatic rings. The molecule has 6 nitrogen and oxygen atoms in total. The minimum atomic E-state index is -3.05. The Morgan fingerprint density at radius 1 is 1.41 bits per heavy atom. The van der Waals surface area contributed by atoms with E-state index in [2.05, 4.69) is 16.2 Å². The Morgan fingerprint density at radius 3 is 2.78 bits per heavy atom. The summed E-state index contributed by atoms with van der Waals surface area (Å²) < 4.78 is 23.5. The smallest absolute Gasteiger partial charge is 0.235 e. The number of carbonyl (C=O) groups excluding carboxylic acids is 1. The number of nitrogens with zero attached hydrogens (tertiary/aromatic N) is 2. The second-order valence-electron chi connectivity index (χ2n) is 6.45. The van der Waals surface area contributed by atoms with Crippen LogP contribution in [0.2, 0.25) is 0 Å². The van der Waals surface area contributed by atoms with E-state index in [9.17, 15) is 13.2 Å². The van der Waals surface area contributed by atoms with E-state index in [4.69, 9.17) is 6.42 Å². The van der Waals surface area contributed by atoms with Gasteiger partial charge in [-0.1, -0.05) is 36.3 Å². The zero-order valence-corrected chi connectivity index (χ0v) is 16.4. The standard InChI is InChI=1S/C19H21N3O3S2/c1-2-10-22(16-8-12-27(24,25)14-16)13-17(23)21-18(19-20-9-11-26-19)15-6-4-3-5-7-15/h1,3-7,9,11,16,18H,8,10,12-14H2,(H,21,23). The molecule has 0 aliphatic carbocycles. The molecule has 1 N–H and O–H groups in total. The number of sulfone groups is 1. The van der Waals surface area contributed by atoms with Crippen LogP contribution in [0.15, 0.2) is 41.9 Å². The van der Waals surface area contributed by atoms with E-state index < -0.39 is 9.84 Å². The van der Waals surface area contributed by atoms with Crippen LogP contribution < -0.4 is 5.32 Å². The van der Waals surface area contributed by atoms with E-state index >= 15 is 0 Å². The average molecular weight is 404 g/mol. The van der Waals surface area contributed by atoms with Crippen LogP contribution in [0.5, 0.6) is 0 Å². The third-order valence-electron chi connectivity index (χ3n) is 4.50. The minimum absolute atomic E-state index is 0.0521. The summed E-state index contributed by atoms with van der Waals surface area (Å²) in [5.74, 6) is 2.52. The molecule has 1 amide bonds. The zero-order chi connectivity index (χ0) is 19.3. The number of aromatic nitrogens is 1. The Hall–Kier alpha value is -2.21. The third kappa shape index (κ3) is 5.16. The molecule has 27 heavy (non-hydrogen) atoms. The molecule has 8 heteroatoms. The zero-order valence-electron chi connectivity index (χ0n) is 14.7. The van der Waals surface area contributed by atoms with Gasteiger partial charge in [0, 0.05) is 17.6 Å². The predicted molar refractivity (Wildman–Crippen MR) is 106 cm³/mol. The molecule has 1 aromatic heterocycles. The van der Waals surface area contributed by atoms with E-state index in [1.807, 2.05) is 35.7 Å². The first-order valence-corrected chi connectivity index (χ1v) is 11.3. The van der Waals surface area contributed by atoms with Crippen LogP contribution in [-0.2, 0) is 14.6 Å². The van der Waals surface area contributed by atoms with Gasteiger partial charge in [0.2, 0.25) is 5.91 Å². The lowest BCUT2D eigenvalue weighted by atomic mass is 10.1. The number of hydrogen-bond acceptors (Lipinski definition) is 6. The summed E-state index contributed by atoms with van der Waals surface area (Å²) in [5, 5.41) is 5.68. The lowest BCUT2D eigenvalue weighted by Gasteiger charge is -2.26. The van der Waals surface area contributed by atoms with Crippen molar-refractivity contribution in [2.45, 2.75) is 18.5 Å². The number of thiazole rings is 1. The molecule has 2 aromatic rings. The number of carbonyl (C=O) groups is 1. The van der Waals surface area contributed by atoms with Crippen LogP contribution in [0.3, 0.4) is 0 Å². The summed E-state index contributed by atoms with van der Waals surface area (Å²) in [6, 6.07) is 9.06. The molecule has 1 aliphatic heterocycles. The van der Waals surface area contributed by atoms with E-state index in [1.165, 1.54) is 11.3 Å². The first kappa shape index (κ1) is 19.5. The van der Waals surface area contributed by atoms with Gasteiger partial charge < -0.3 is 5.32 Å². The van der Waals surface area contributed by atoms with Gasteiger partial charge in [0.15, 0.2) is 9.84 Å². The van der Waals surface area contributed by atoms with Crippen LogP contribution in [-0.4, -0.2) is 54.8 Å². The van der Waals surface area contributed by atoms with Gasteiger partial charge in [-0.3, -0.25) is 9.69 Å². The van der Waals surface area contributed by atoms with Crippen LogP contribution >= 0.6 is 11.3 Å². The van der Waals surface area contributed by atoms with Crippen molar-refractivity contribution < 1.29 is 13.2 Å². The molecular weight excluding hydrogens is 382 g/mol. The molecule has 2 atom stereocenters. The molecule has 1 saturated heterocycles. The van der Waals surface area contributed by atoms with Crippen LogP contribution in [0.1, 0.15) is 23.0 Å². The molecule has 1 aromatic carbocycles. The fourth-order valence-electron chi connectivity index (χ4n) is 3.20. The maximum absolute atomic E-state index is 12.7. The van der Waals surface area contributed by atoms with Crippen LogP contribution in [0.4, 0.5) is 0 Å². The number of rotatable bonds is 7. The quantitative estimate of drug-likeness (QED) is 0.709. The molecule has 142 valence electrons. The van der Waals surface area contributed by atoms with Crippen molar-refractivity contribution in [3.05, 3.63) is 52.5 Å². The number of hydrogen-bond donors (Lipinski definition) is 1. The molecule has 2 heterocycles. The number of nitrogens with one attached hydrogen (secondary N) is 1. The fourth-order valence-corrected chi connectivity index (χ4v) is 5.67. The molecule has 0 radical (unpaired) electrons. The van der Waals surface area contributed by atoms with Crippen molar-refractivity contribution >= 4 is 27.1 Å². The van der Waals surface area contributed by atoms with Gasteiger partial charge in [0.1, 0.15) is 11.0 Å². The Balaban J connectivity index is 1.72. The van der Waals surface area contributed by atoms with Crippen molar-refractivity contribution in [2.24, 2.45) is 0 Å². The molecule has 1 fully saturated rings. The van der Waals surface area contributed by atoms with Gasteiger partial charge in [-0.25, -0.2) is 13.4 Å². The van der Waals surface area contributed by atoms with Gasteiger partial charge in [-0.2, -0.15) is 0 Å². The Labute approximate surface area is 163 Å². The normalized spacial score (nSPS) is 19.5. The Morgan fingerprint density at radius 2 is 2.19 bits per heavy atom. The van der Waals surface area contributed by atoms with Crippen LogP contribution in [0, 0.1) is 12.3 Å². The lowest BCUT2D eigenvalue weighted by Crippen LogP contribution is -2.44. The van der Waals surface area contributed by atoms with Gasteiger partial charge in [0.25, 0.3) is 0 Å². The highest BCUT2D eigenvalue weighted by Gasteiger charge is 2.33. The van der Waals surface area contributed by atoms with Crippen molar-refractivity contribution in [3.8, 4) is 12.3 Å². The van der Waals surface area contributed by atoms with E-state index in [1.54, 1.807) is 11.1 Å². The topological polar surface area (TPSA) is 79.4 Å². The number of benzene rings is 1. The minimum Gasteiger partial charge on any atom is -0.342 e. The van der Waals surface area contributed by atoms with E-state index in [-0.39, 0.29) is 42.6 Å². The molecule has 0 spiro atoms. The fraction of sp³-hybridized carbons (Fsp3) is 0.368. The van der Waals surface area contributed by atoms with Crippen molar-refractivity contribution in [1.82, 2.24) is 15.2 Å². The van der Waals surface area contributed by atoms with Gasteiger partial charge in [-0.05, 0) is 12.0 Å². The van der Waals surface area contributed by atoms with Crippen molar-refractivity contribution in [3.63, 3.8) is 0 Å². The molecular formula is C19H21N3O3S2.